The standard InChI is InChI=1S/C16H14ClNO2/c1-11-6-7-13(10-16(19)20)15(18-11)9-8-12-4-2-3-5-14(12)17/h2-9H,10H2,1H3,(H,19,20). The van der Waals surface area contributed by atoms with E-state index in [0.29, 0.717) is 16.3 Å². The van der Waals surface area contributed by atoms with Crippen LogP contribution in [0.25, 0.3) is 12.2 Å². The van der Waals surface area contributed by atoms with Gasteiger partial charge in [-0.25, -0.2) is 0 Å². The van der Waals surface area contributed by atoms with Crippen molar-refractivity contribution in [2.45, 2.75) is 13.3 Å². The highest BCUT2D eigenvalue weighted by Crippen LogP contribution is 2.19. The Labute approximate surface area is 122 Å². The summed E-state index contributed by atoms with van der Waals surface area (Å²) >= 11 is 6.08. The summed E-state index contributed by atoms with van der Waals surface area (Å²) in [6, 6.07) is 11.1. The molecule has 0 atom stereocenters. The van der Waals surface area contributed by atoms with Crippen molar-refractivity contribution >= 4 is 29.7 Å². The van der Waals surface area contributed by atoms with Gasteiger partial charge >= 0.3 is 5.97 Å². The predicted octanol–water partition coefficient (Wildman–Crippen LogP) is 3.84. The lowest BCUT2D eigenvalue weighted by atomic mass is 10.1. The number of halogens is 1. The molecule has 1 heterocycles. The number of rotatable bonds is 4. The van der Waals surface area contributed by atoms with Crippen molar-refractivity contribution in [2.75, 3.05) is 0 Å². The SMILES string of the molecule is Cc1ccc(CC(=O)O)c(C=Cc2ccccc2Cl)n1. The normalized spacial score (nSPS) is 10.9. The first-order valence-electron chi connectivity index (χ1n) is 6.17. The average molecular weight is 288 g/mol. The van der Waals surface area contributed by atoms with Gasteiger partial charge in [0.1, 0.15) is 0 Å². The Kier molecular flexibility index (Phi) is 4.53. The van der Waals surface area contributed by atoms with Crippen LogP contribution in [0.15, 0.2) is 36.4 Å². The van der Waals surface area contributed by atoms with E-state index in [4.69, 9.17) is 16.7 Å². The topological polar surface area (TPSA) is 50.2 Å². The zero-order chi connectivity index (χ0) is 14.5. The van der Waals surface area contributed by atoms with Gasteiger partial charge in [0.15, 0.2) is 0 Å². The average Bonchev–Trinajstić information content (AvgIpc) is 2.40. The molecular weight excluding hydrogens is 274 g/mol. The highest BCUT2D eigenvalue weighted by Gasteiger charge is 2.06. The largest absolute Gasteiger partial charge is 0.481 e. The van der Waals surface area contributed by atoms with Gasteiger partial charge in [0.2, 0.25) is 0 Å². The molecule has 2 aromatic rings. The van der Waals surface area contributed by atoms with E-state index in [2.05, 4.69) is 4.98 Å². The maximum absolute atomic E-state index is 10.9. The van der Waals surface area contributed by atoms with E-state index in [1.807, 2.05) is 43.3 Å². The second kappa shape index (κ2) is 6.35. The highest BCUT2D eigenvalue weighted by atomic mass is 35.5. The molecule has 0 fully saturated rings. The van der Waals surface area contributed by atoms with E-state index in [-0.39, 0.29) is 6.42 Å². The van der Waals surface area contributed by atoms with Crippen LogP contribution >= 0.6 is 11.6 Å². The summed E-state index contributed by atoms with van der Waals surface area (Å²) < 4.78 is 0. The van der Waals surface area contributed by atoms with Crippen LogP contribution in [-0.4, -0.2) is 16.1 Å². The minimum atomic E-state index is -0.872. The van der Waals surface area contributed by atoms with Gasteiger partial charge in [-0.2, -0.15) is 0 Å². The van der Waals surface area contributed by atoms with Crippen LogP contribution in [0.3, 0.4) is 0 Å². The number of hydrogen-bond donors (Lipinski definition) is 1. The molecule has 0 amide bonds. The molecule has 0 unspecified atom stereocenters. The highest BCUT2D eigenvalue weighted by molar-refractivity contribution is 6.32. The molecule has 0 spiro atoms. The fourth-order valence-electron chi connectivity index (χ4n) is 1.84. The van der Waals surface area contributed by atoms with Crippen LogP contribution in [0.2, 0.25) is 5.02 Å². The van der Waals surface area contributed by atoms with Gasteiger partial charge in [0.05, 0.1) is 12.1 Å². The summed E-state index contributed by atoms with van der Waals surface area (Å²) in [5.74, 6) is -0.872. The molecule has 0 bridgehead atoms. The van der Waals surface area contributed by atoms with Gasteiger partial charge in [-0.3, -0.25) is 9.78 Å². The van der Waals surface area contributed by atoms with E-state index in [1.165, 1.54) is 0 Å². The molecule has 2 rings (SSSR count). The summed E-state index contributed by atoms with van der Waals surface area (Å²) in [5, 5.41) is 9.57. The van der Waals surface area contributed by atoms with Gasteiger partial charge in [-0.05, 0) is 36.3 Å². The Bertz CT molecular complexity index is 665. The van der Waals surface area contributed by atoms with Crippen molar-refractivity contribution in [1.29, 1.82) is 0 Å². The molecule has 0 aliphatic carbocycles. The van der Waals surface area contributed by atoms with Gasteiger partial charge < -0.3 is 5.11 Å². The number of carboxylic acid groups (broad SMARTS) is 1. The second-order valence-corrected chi connectivity index (χ2v) is 4.83. The number of aromatic nitrogens is 1. The summed E-state index contributed by atoms with van der Waals surface area (Å²) in [6.07, 6.45) is 3.59. The quantitative estimate of drug-likeness (QED) is 0.929. The van der Waals surface area contributed by atoms with Crippen LogP contribution in [0.1, 0.15) is 22.5 Å². The minimum absolute atomic E-state index is 0.0462. The molecular formula is C16H14ClNO2. The van der Waals surface area contributed by atoms with Gasteiger partial charge in [0.25, 0.3) is 0 Å². The Morgan fingerprint density at radius 1 is 1.25 bits per heavy atom. The number of pyridine rings is 1. The van der Waals surface area contributed by atoms with Crippen molar-refractivity contribution in [1.82, 2.24) is 4.98 Å². The van der Waals surface area contributed by atoms with E-state index in [9.17, 15) is 4.79 Å². The Morgan fingerprint density at radius 2 is 2.00 bits per heavy atom. The molecule has 0 saturated heterocycles. The number of carbonyl (C=O) groups is 1. The molecule has 0 radical (unpaired) electrons. The molecule has 0 saturated carbocycles. The lowest BCUT2D eigenvalue weighted by Gasteiger charge is -2.04. The van der Waals surface area contributed by atoms with E-state index in [1.54, 1.807) is 12.1 Å². The van der Waals surface area contributed by atoms with E-state index in [0.717, 1.165) is 11.3 Å². The molecule has 0 aliphatic rings. The second-order valence-electron chi connectivity index (χ2n) is 4.42. The fraction of sp³-hybridized carbons (Fsp3) is 0.125. The van der Waals surface area contributed by atoms with Crippen molar-refractivity contribution in [3.05, 3.63) is 63.9 Å². The maximum atomic E-state index is 10.9. The Morgan fingerprint density at radius 3 is 2.70 bits per heavy atom. The zero-order valence-corrected chi connectivity index (χ0v) is 11.8. The third-order valence-electron chi connectivity index (χ3n) is 2.82. The first-order chi connectivity index (χ1) is 9.56. The Balaban J connectivity index is 2.35. The van der Waals surface area contributed by atoms with Crippen LogP contribution in [0.4, 0.5) is 0 Å². The summed E-state index contributed by atoms with van der Waals surface area (Å²) in [5.41, 5.74) is 3.07. The molecule has 1 aromatic carbocycles. The number of nitrogens with zero attached hydrogens (tertiary/aromatic N) is 1. The van der Waals surface area contributed by atoms with Crippen molar-refractivity contribution in [2.24, 2.45) is 0 Å². The van der Waals surface area contributed by atoms with Crippen LogP contribution in [0.5, 0.6) is 0 Å². The van der Waals surface area contributed by atoms with E-state index >= 15 is 0 Å². The third kappa shape index (κ3) is 3.68. The molecule has 3 nitrogen and oxygen atoms in total. The van der Waals surface area contributed by atoms with Crippen molar-refractivity contribution in [3.8, 4) is 0 Å². The van der Waals surface area contributed by atoms with Crippen LogP contribution in [0, 0.1) is 6.92 Å². The number of carboxylic acids is 1. The van der Waals surface area contributed by atoms with Crippen molar-refractivity contribution in [3.63, 3.8) is 0 Å². The van der Waals surface area contributed by atoms with Gasteiger partial charge in [-0.15, -0.1) is 0 Å². The number of aryl methyl sites for hydroxylation is 1. The fourth-order valence-corrected chi connectivity index (χ4v) is 2.04. The maximum Gasteiger partial charge on any atom is 0.307 e. The zero-order valence-electron chi connectivity index (χ0n) is 11.0. The minimum Gasteiger partial charge on any atom is -0.481 e. The molecule has 1 aromatic heterocycles. The molecule has 0 aliphatic heterocycles. The van der Waals surface area contributed by atoms with E-state index < -0.39 is 5.97 Å². The third-order valence-corrected chi connectivity index (χ3v) is 3.16. The van der Waals surface area contributed by atoms with Gasteiger partial charge in [-0.1, -0.05) is 41.9 Å². The lowest BCUT2D eigenvalue weighted by Crippen LogP contribution is -2.03. The first-order valence-corrected chi connectivity index (χ1v) is 6.55. The van der Waals surface area contributed by atoms with Crippen LogP contribution in [-0.2, 0) is 11.2 Å². The van der Waals surface area contributed by atoms with Crippen LogP contribution < -0.4 is 0 Å². The molecule has 20 heavy (non-hydrogen) atoms. The first kappa shape index (κ1) is 14.3. The summed E-state index contributed by atoms with van der Waals surface area (Å²) in [4.78, 5) is 15.2. The number of aliphatic carboxylic acids is 1. The smallest absolute Gasteiger partial charge is 0.307 e. The number of hydrogen-bond acceptors (Lipinski definition) is 2. The molecule has 102 valence electrons. The predicted molar refractivity (Wildman–Crippen MR) is 80.7 cm³/mol. The monoisotopic (exact) mass is 287 g/mol. The van der Waals surface area contributed by atoms with Gasteiger partial charge in [0, 0.05) is 10.7 Å². The molecule has 4 heteroatoms. The molecule has 1 N–H and O–H groups in total. The van der Waals surface area contributed by atoms with Crippen molar-refractivity contribution < 1.29 is 9.90 Å². The summed E-state index contributed by atoms with van der Waals surface area (Å²) in [7, 11) is 0. The Hall–Kier alpha value is -2.13. The lowest BCUT2D eigenvalue weighted by molar-refractivity contribution is -0.136. The number of benzene rings is 1. The summed E-state index contributed by atoms with van der Waals surface area (Å²) in [6.45, 7) is 1.87.